The summed E-state index contributed by atoms with van der Waals surface area (Å²) < 4.78 is 0. The van der Waals surface area contributed by atoms with E-state index in [0.29, 0.717) is 27.5 Å². The van der Waals surface area contributed by atoms with Gasteiger partial charge in [0.25, 0.3) is 5.91 Å². The van der Waals surface area contributed by atoms with Crippen LogP contribution in [0.4, 0.5) is 5.69 Å². The number of carbonyl (C=O) groups is 1. The van der Waals surface area contributed by atoms with E-state index in [1.54, 1.807) is 35.6 Å². The molecule has 0 saturated carbocycles. The molecule has 0 atom stereocenters. The average molecular weight is 345 g/mol. The van der Waals surface area contributed by atoms with Gasteiger partial charge in [0, 0.05) is 25.1 Å². The minimum absolute atomic E-state index is 0.0620. The van der Waals surface area contributed by atoms with Crippen molar-refractivity contribution in [2.75, 3.05) is 6.54 Å². The topological polar surface area (TPSA) is 58.5 Å². The summed E-state index contributed by atoms with van der Waals surface area (Å²) in [6, 6.07) is 7.23. The molecular formula is C16H13ClN4OS. The van der Waals surface area contributed by atoms with E-state index in [-0.39, 0.29) is 5.91 Å². The Morgan fingerprint density at radius 3 is 2.78 bits per heavy atom. The molecule has 116 valence electrons. The molecule has 1 saturated heterocycles. The van der Waals surface area contributed by atoms with Gasteiger partial charge in [-0.2, -0.15) is 0 Å². The highest BCUT2D eigenvalue weighted by molar-refractivity contribution is 8.18. The van der Waals surface area contributed by atoms with Crippen LogP contribution in [0.5, 0.6) is 0 Å². The lowest BCUT2D eigenvalue weighted by molar-refractivity contribution is -0.122. The minimum Gasteiger partial charge on any atom is -0.287 e. The molecule has 0 N–H and O–H groups in total. The van der Waals surface area contributed by atoms with Crippen molar-refractivity contribution in [3.8, 4) is 0 Å². The second kappa shape index (κ2) is 6.93. The van der Waals surface area contributed by atoms with Crippen molar-refractivity contribution < 1.29 is 4.79 Å². The van der Waals surface area contributed by atoms with Gasteiger partial charge >= 0.3 is 0 Å². The summed E-state index contributed by atoms with van der Waals surface area (Å²) in [5.41, 5.74) is 1.47. The molecule has 3 heterocycles. The fraction of sp³-hybridized carbons (Fsp3) is 0.125. The van der Waals surface area contributed by atoms with Crippen LogP contribution in [0.15, 0.2) is 52.8 Å². The van der Waals surface area contributed by atoms with Crippen LogP contribution in [0.3, 0.4) is 0 Å². The summed E-state index contributed by atoms with van der Waals surface area (Å²) in [5, 5.41) is 0.920. The molecule has 0 spiro atoms. The lowest BCUT2D eigenvalue weighted by Crippen LogP contribution is -2.28. The van der Waals surface area contributed by atoms with Gasteiger partial charge in [-0.15, -0.1) is 0 Å². The van der Waals surface area contributed by atoms with Crippen molar-refractivity contribution in [3.05, 3.63) is 58.5 Å². The molecule has 1 aliphatic heterocycles. The van der Waals surface area contributed by atoms with Gasteiger partial charge in [0.1, 0.15) is 5.69 Å². The summed E-state index contributed by atoms with van der Waals surface area (Å²) in [7, 11) is 0. The standard InChI is InChI=1S/C16H13ClN4OS/c1-2-21-15(22)13(10-11-5-8-18-9-6-11)23-16(21)20-12-4-3-7-19-14(12)17/h3-10H,2H2,1H3/b13-10-,20-16?. The van der Waals surface area contributed by atoms with Crippen LogP contribution < -0.4 is 0 Å². The highest BCUT2D eigenvalue weighted by Gasteiger charge is 2.32. The third-order valence-corrected chi connectivity index (χ3v) is 4.46. The number of rotatable bonds is 3. The summed E-state index contributed by atoms with van der Waals surface area (Å²) in [6.07, 6.45) is 6.83. The van der Waals surface area contributed by atoms with E-state index in [1.807, 2.05) is 25.1 Å². The molecule has 0 bridgehead atoms. The first-order valence-electron chi connectivity index (χ1n) is 6.99. The SMILES string of the molecule is CCN1C(=O)/C(=C/c2ccncc2)SC1=Nc1cccnc1Cl. The zero-order valence-corrected chi connectivity index (χ0v) is 13.9. The van der Waals surface area contributed by atoms with Crippen LogP contribution in [0, 0.1) is 0 Å². The van der Waals surface area contributed by atoms with Gasteiger partial charge in [0.15, 0.2) is 10.3 Å². The van der Waals surface area contributed by atoms with Gasteiger partial charge in [0.2, 0.25) is 0 Å². The van der Waals surface area contributed by atoms with Crippen molar-refractivity contribution in [2.24, 2.45) is 4.99 Å². The third-order valence-electron chi connectivity index (χ3n) is 3.16. The number of hydrogen-bond donors (Lipinski definition) is 0. The lowest BCUT2D eigenvalue weighted by atomic mass is 10.2. The third kappa shape index (κ3) is 3.43. The average Bonchev–Trinajstić information content (AvgIpc) is 2.85. The molecule has 7 heteroatoms. The van der Waals surface area contributed by atoms with Crippen molar-refractivity contribution in [3.63, 3.8) is 0 Å². The molecule has 0 unspecified atom stereocenters. The van der Waals surface area contributed by atoms with Gasteiger partial charge < -0.3 is 0 Å². The molecule has 0 aromatic carbocycles. The fourth-order valence-corrected chi connectivity index (χ4v) is 3.26. The number of hydrogen-bond acceptors (Lipinski definition) is 5. The molecule has 1 aliphatic rings. The number of likely N-dealkylation sites (N-methyl/N-ethyl adjacent to an activating group) is 1. The van der Waals surface area contributed by atoms with Crippen LogP contribution in [0.25, 0.3) is 6.08 Å². The molecule has 3 rings (SSSR count). The first-order valence-corrected chi connectivity index (χ1v) is 8.19. The molecule has 5 nitrogen and oxygen atoms in total. The Kier molecular flexibility index (Phi) is 4.73. The van der Waals surface area contributed by atoms with E-state index in [9.17, 15) is 4.79 Å². The highest BCUT2D eigenvalue weighted by Crippen LogP contribution is 2.34. The van der Waals surface area contributed by atoms with E-state index in [2.05, 4.69) is 15.0 Å². The van der Waals surface area contributed by atoms with E-state index in [4.69, 9.17) is 11.6 Å². The Morgan fingerprint density at radius 2 is 2.09 bits per heavy atom. The van der Waals surface area contributed by atoms with E-state index in [1.165, 1.54) is 11.8 Å². The second-order valence-electron chi connectivity index (χ2n) is 4.65. The maximum Gasteiger partial charge on any atom is 0.266 e. The molecule has 1 fully saturated rings. The monoisotopic (exact) mass is 344 g/mol. The van der Waals surface area contributed by atoms with Crippen LogP contribution in [-0.2, 0) is 4.79 Å². The quantitative estimate of drug-likeness (QED) is 0.628. The van der Waals surface area contributed by atoms with Gasteiger partial charge in [-0.3, -0.25) is 14.7 Å². The number of aliphatic imine (C=N–C) groups is 1. The molecule has 2 aromatic rings. The highest BCUT2D eigenvalue weighted by atomic mass is 35.5. The van der Waals surface area contributed by atoms with Crippen LogP contribution in [0.1, 0.15) is 12.5 Å². The number of nitrogens with zero attached hydrogens (tertiary/aromatic N) is 4. The van der Waals surface area contributed by atoms with E-state index >= 15 is 0 Å². The number of amidine groups is 1. The zero-order chi connectivity index (χ0) is 16.2. The summed E-state index contributed by atoms with van der Waals surface area (Å²) >= 11 is 7.37. The summed E-state index contributed by atoms with van der Waals surface area (Å²) in [5.74, 6) is -0.0620. The number of pyridine rings is 2. The Bertz CT molecular complexity index is 792. The van der Waals surface area contributed by atoms with Crippen molar-refractivity contribution in [1.82, 2.24) is 14.9 Å². The predicted molar refractivity (Wildman–Crippen MR) is 93.5 cm³/mol. The number of amides is 1. The number of carbonyl (C=O) groups excluding carboxylic acids is 1. The Balaban J connectivity index is 1.95. The van der Waals surface area contributed by atoms with Gasteiger partial charge in [-0.1, -0.05) is 11.6 Å². The van der Waals surface area contributed by atoms with Crippen LogP contribution in [0.2, 0.25) is 5.15 Å². The number of thioether (sulfide) groups is 1. The maximum atomic E-state index is 12.5. The van der Waals surface area contributed by atoms with Crippen LogP contribution in [-0.4, -0.2) is 32.5 Å². The van der Waals surface area contributed by atoms with Crippen molar-refractivity contribution >= 4 is 46.2 Å². The summed E-state index contributed by atoms with van der Waals surface area (Å²) in [6.45, 7) is 2.45. The smallest absolute Gasteiger partial charge is 0.266 e. The predicted octanol–water partition coefficient (Wildman–Crippen LogP) is 3.75. The molecule has 0 radical (unpaired) electrons. The number of aromatic nitrogens is 2. The summed E-state index contributed by atoms with van der Waals surface area (Å²) in [4.78, 5) is 27.2. The Hall–Kier alpha value is -2.18. The van der Waals surface area contributed by atoms with Crippen molar-refractivity contribution in [2.45, 2.75) is 6.92 Å². The zero-order valence-electron chi connectivity index (χ0n) is 12.3. The second-order valence-corrected chi connectivity index (χ2v) is 6.02. The van der Waals surface area contributed by atoms with Crippen LogP contribution >= 0.6 is 23.4 Å². The minimum atomic E-state index is -0.0620. The van der Waals surface area contributed by atoms with Gasteiger partial charge in [0.05, 0.1) is 4.91 Å². The molecule has 2 aromatic heterocycles. The molecule has 1 amide bonds. The largest absolute Gasteiger partial charge is 0.287 e. The molecular weight excluding hydrogens is 332 g/mol. The first kappa shape index (κ1) is 15.7. The van der Waals surface area contributed by atoms with Crippen molar-refractivity contribution in [1.29, 1.82) is 0 Å². The Morgan fingerprint density at radius 1 is 1.30 bits per heavy atom. The first-order chi connectivity index (χ1) is 11.2. The van der Waals surface area contributed by atoms with E-state index in [0.717, 1.165) is 5.56 Å². The fourth-order valence-electron chi connectivity index (χ4n) is 2.05. The van der Waals surface area contributed by atoms with Gasteiger partial charge in [-0.05, 0) is 54.6 Å². The molecule has 23 heavy (non-hydrogen) atoms. The van der Waals surface area contributed by atoms with Gasteiger partial charge in [-0.25, -0.2) is 9.98 Å². The Labute approximate surface area is 143 Å². The lowest BCUT2D eigenvalue weighted by Gasteiger charge is -2.12. The maximum absolute atomic E-state index is 12.5. The van der Waals surface area contributed by atoms with E-state index < -0.39 is 0 Å². The molecule has 0 aliphatic carbocycles. The number of halogens is 1. The normalized spacial score (nSPS) is 18.2.